The minimum atomic E-state index is -3.05. The Labute approximate surface area is 160 Å². The van der Waals surface area contributed by atoms with Gasteiger partial charge < -0.3 is 10.2 Å². The van der Waals surface area contributed by atoms with Crippen molar-refractivity contribution in [1.29, 1.82) is 0 Å². The SMILES string of the molecule is CCc1ccc(Nc2ccnc(C(=O)N(CC)C3CCS(=O)(=O)C3)c2)cc1. The average molecular weight is 388 g/mol. The van der Waals surface area contributed by atoms with Gasteiger partial charge in [-0.15, -0.1) is 0 Å². The van der Waals surface area contributed by atoms with E-state index in [0.29, 0.717) is 18.7 Å². The largest absolute Gasteiger partial charge is 0.355 e. The highest BCUT2D eigenvalue weighted by Gasteiger charge is 2.34. The van der Waals surface area contributed by atoms with Gasteiger partial charge >= 0.3 is 0 Å². The summed E-state index contributed by atoms with van der Waals surface area (Å²) in [6.07, 6.45) is 3.07. The molecule has 1 aliphatic rings. The summed E-state index contributed by atoms with van der Waals surface area (Å²) in [7, 11) is -3.05. The number of benzene rings is 1. The molecule has 1 unspecified atom stereocenters. The van der Waals surface area contributed by atoms with E-state index in [1.165, 1.54) is 5.56 Å². The first-order valence-electron chi connectivity index (χ1n) is 9.25. The quantitative estimate of drug-likeness (QED) is 0.824. The third-order valence-electron chi connectivity index (χ3n) is 4.88. The second kappa shape index (κ2) is 8.08. The number of aromatic nitrogens is 1. The normalized spacial score (nSPS) is 18.2. The van der Waals surface area contributed by atoms with Crippen molar-refractivity contribution in [2.75, 3.05) is 23.4 Å². The zero-order chi connectivity index (χ0) is 19.4. The topological polar surface area (TPSA) is 79.4 Å². The van der Waals surface area contributed by atoms with Gasteiger partial charge in [0.25, 0.3) is 5.91 Å². The lowest BCUT2D eigenvalue weighted by Gasteiger charge is -2.26. The predicted molar refractivity (Wildman–Crippen MR) is 107 cm³/mol. The van der Waals surface area contributed by atoms with Gasteiger partial charge in [0.05, 0.1) is 11.5 Å². The number of aryl methyl sites for hydroxylation is 1. The van der Waals surface area contributed by atoms with Crippen LogP contribution < -0.4 is 5.32 Å². The van der Waals surface area contributed by atoms with Crippen molar-refractivity contribution in [3.05, 3.63) is 53.9 Å². The number of carbonyl (C=O) groups excluding carboxylic acids is 1. The number of rotatable bonds is 6. The van der Waals surface area contributed by atoms with Crippen molar-refractivity contribution < 1.29 is 13.2 Å². The molecule has 1 N–H and O–H groups in total. The minimum Gasteiger partial charge on any atom is -0.355 e. The molecule has 3 rings (SSSR count). The molecule has 1 aromatic heterocycles. The third kappa shape index (κ3) is 4.66. The molecule has 1 saturated heterocycles. The van der Waals surface area contributed by atoms with Crippen LogP contribution in [0.5, 0.6) is 0 Å². The molecule has 2 aromatic rings. The standard InChI is InChI=1S/C20H25N3O3S/c1-3-15-5-7-16(8-6-15)22-17-9-11-21-19(13-17)20(24)23(4-2)18-10-12-27(25,26)14-18/h5-9,11,13,18H,3-4,10,12,14H2,1-2H3,(H,21,22). The summed E-state index contributed by atoms with van der Waals surface area (Å²) in [6, 6.07) is 11.4. The summed E-state index contributed by atoms with van der Waals surface area (Å²) in [6.45, 7) is 4.43. The van der Waals surface area contributed by atoms with E-state index in [1.807, 2.05) is 19.1 Å². The molecule has 2 heterocycles. The van der Waals surface area contributed by atoms with Crippen LogP contribution in [-0.4, -0.2) is 48.3 Å². The fourth-order valence-corrected chi connectivity index (χ4v) is 5.08. The van der Waals surface area contributed by atoms with Gasteiger partial charge in [0, 0.05) is 30.2 Å². The maximum atomic E-state index is 12.9. The van der Waals surface area contributed by atoms with E-state index in [9.17, 15) is 13.2 Å². The Morgan fingerprint density at radius 3 is 2.52 bits per heavy atom. The van der Waals surface area contributed by atoms with Gasteiger partial charge in [0.1, 0.15) is 5.69 Å². The molecule has 7 heteroatoms. The molecule has 1 aromatic carbocycles. The maximum Gasteiger partial charge on any atom is 0.272 e. The lowest BCUT2D eigenvalue weighted by atomic mass is 10.1. The second-order valence-corrected chi connectivity index (χ2v) is 8.98. The monoisotopic (exact) mass is 387 g/mol. The van der Waals surface area contributed by atoms with Gasteiger partial charge in [-0.2, -0.15) is 0 Å². The molecular weight excluding hydrogens is 362 g/mol. The molecule has 144 valence electrons. The Bertz CT molecular complexity index is 910. The second-order valence-electron chi connectivity index (χ2n) is 6.75. The number of hydrogen-bond donors (Lipinski definition) is 1. The first-order chi connectivity index (χ1) is 12.9. The van der Waals surface area contributed by atoms with Gasteiger partial charge in [-0.3, -0.25) is 9.78 Å². The number of nitrogens with one attached hydrogen (secondary N) is 1. The molecule has 1 fully saturated rings. The minimum absolute atomic E-state index is 0.0360. The molecule has 0 aliphatic carbocycles. The van der Waals surface area contributed by atoms with Crippen LogP contribution in [-0.2, 0) is 16.3 Å². The van der Waals surface area contributed by atoms with Crippen LogP contribution >= 0.6 is 0 Å². The number of sulfone groups is 1. The first-order valence-corrected chi connectivity index (χ1v) is 11.1. The van der Waals surface area contributed by atoms with E-state index < -0.39 is 9.84 Å². The number of carbonyl (C=O) groups is 1. The van der Waals surface area contributed by atoms with Gasteiger partial charge in [0.2, 0.25) is 0 Å². The van der Waals surface area contributed by atoms with Crippen LogP contribution in [0.3, 0.4) is 0 Å². The molecule has 0 bridgehead atoms. The number of anilines is 2. The number of hydrogen-bond acceptors (Lipinski definition) is 5. The van der Waals surface area contributed by atoms with Crippen LogP contribution in [0, 0.1) is 0 Å². The predicted octanol–water partition coefficient (Wildman–Crippen LogP) is 3.04. The van der Waals surface area contributed by atoms with Crippen LogP contribution in [0.15, 0.2) is 42.6 Å². The Kier molecular flexibility index (Phi) is 5.79. The van der Waals surface area contributed by atoms with Gasteiger partial charge in [-0.25, -0.2) is 8.42 Å². The van der Waals surface area contributed by atoms with E-state index in [-0.39, 0.29) is 23.5 Å². The Hall–Kier alpha value is -2.41. The van der Waals surface area contributed by atoms with E-state index in [0.717, 1.165) is 17.8 Å². The van der Waals surface area contributed by atoms with Gasteiger partial charge in [0.15, 0.2) is 9.84 Å². The Morgan fingerprint density at radius 2 is 1.93 bits per heavy atom. The lowest BCUT2D eigenvalue weighted by molar-refractivity contribution is 0.0702. The summed E-state index contributed by atoms with van der Waals surface area (Å²) in [5, 5.41) is 3.28. The van der Waals surface area contributed by atoms with E-state index >= 15 is 0 Å². The van der Waals surface area contributed by atoms with Gasteiger partial charge in [-0.05, 0) is 49.6 Å². The first kappa shape index (κ1) is 19.4. The molecule has 6 nitrogen and oxygen atoms in total. The fourth-order valence-electron chi connectivity index (χ4n) is 3.35. The van der Waals surface area contributed by atoms with Crippen LogP contribution in [0.2, 0.25) is 0 Å². The molecule has 1 atom stereocenters. The molecule has 27 heavy (non-hydrogen) atoms. The summed E-state index contributed by atoms with van der Waals surface area (Å²) in [5.74, 6) is -0.0528. The summed E-state index contributed by atoms with van der Waals surface area (Å²) >= 11 is 0. The maximum absolute atomic E-state index is 12.9. The smallest absolute Gasteiger partial charge is 0.272 e. The number of amides is 1. The highest BCUT2D eigenvalue weighted by Crippen LogP contribution is 2.22. The zero-order valence-electron chi connectivity index (χ0n) is 15.7. The van der Waals surface area contributed by atoms with E-state index in [4.69, 9.17) is 0 Å². The van der Waals surface area contributed by atoms with Gasteiger partial charge in [-0.1, -0.05) is 19.1 Å². The van der Waals surface area contributed by atoms with Crippen molar-refractivity contribution in [3.63, 3.8) is 0 Å². The number of pyridine rings is 1. The zero-order valence-corrected chi connectivity index (χ0v) is 16.5. The van der Waals surface area contributed by atoms with Crippen LogP contribution in [0.4, 0.5) is 11.4 Å². The summed E-state index contributed by atoms with van der Waals surface area (Å²) < 4.78 is 23.5. The van der Waals surface area contributed by atoms with Crippen molar-refractivity contribution in [2.45, 2.75) is 32.7 Å². The van der Waals surface area contributed by atoms with Crippen molar-refractivity contribution in [3.8, 4) is 0 Å². The Morgan fingerprint density at radius 1 is 1.19 bits per heavy atom. The van der Waals surface area contributed by atoms with Crippen molar-refractivity contribution in [2.24, 2.45) is 0 Å². The molecule has 0 saturated carbocycles. The molecule has 1 aliphatic heterocycles. The highest BCUT2D eigenvalue weighted by atomic mass is 32.2. The number of nitrogens with zero attached hydrogens (tertiary/aromatic N) is 2. The Balaban J connectivity index is 1.76. The molecular formula is C20H25N3O3S. The van der Waals surface area contributed by atoms with E-state index in [1.54, 1.807) is 23.2 Å². The van der Waals surface area contributed by atoms with E-state index in [2.05, 4.69) is 29.4 Å². The van der Waals surface area contributed by atoms with Crippen LogP contribution in [0.25, 0.3) is 0 Å². The summed E-state index contributed by atoms with van der Waals surface area (Å²) in [4.78, 5) is 18.7. The molecule has 0 radical (unpaired) electrons. The lowest BCUT2D eigenvalue weighted by Crippen LogP contribution is -2.41. The average Bonchev–Trinajstić information content (AvgIpc) is 3.02. The third-order valence-corrected chi connectivity index (χ3v) is 6.63. The fraction of sp³-hybridized carbons (Fsp3) is 0.400. The van der Waals surface area contributed by atoms with Crippen molar-refractivity contribution in [1.82, 2.24) is 9.88 Å². The molecule has 0 spiro atoms. The molecule has 1 amide bonds. The summed E-state index contributed by atoms with van der Waals surface area (Å²) in [5.41, 5.74) is 3.28. The van der Waals surface area contributed by atoms with Crippen LogP contribution in [0.1, 0.15) is 36.3 Å². The van der Waals surface area contributed by atoms with Crippen molar-refractivity contribution >= 4 is 27.1 Å². The highest BCUT2D eigenvalue weighted by molar-refractivity contribution is 7.91.